The van der Waals surface area contributed by atoms with E-state index in [9.17, 15) is 4.79 Å². The maximum Gasteiger partial charge on any atom is 0.348 e. The Balaban J connectivity index is 1.80. The van der Waals surface area contributed by atoms with Crippen LogP contribution in [-0.2, 0) is 9.53 Å². The molecule has 0 aromatic rings. The lowest BCUT2D eigenvalue weighted by molar-refractivity contribution is -0.157. The van der Waals surface area contributed by atoms with E-state index in [0.29, 0.717) is 12.5 Å². The Hall–Kier alpha value is -0.610. The van der Waals surface area contributed by atoms with Crippen LogP contribution in [0.25, 0.3) is 0 Å². The predicted octanol–water partition coefficient (Wildman–Crippen LogP) is 0.0431. The van der Waals surface area contributed by atoms with Crippen LogP contribution in [0.2, 0.25) is 0 Å². The molecule has 1 saturated carbocycles. The van der Waals surface area contributed by atoms with E-state index < -0.39 is 12.2 Å². The first kappa shape index (κ1) is 8.01. The van der Waals surface area contributed by atoms with Gasteiger partial charge in [-0.3, -0.25) is 5.32 Å². The van der Waals surface area contributed by atoms with Crippen LogP contribution in [0.5, 0.6) is 0 Å². The van der Waals surface area contributed by atoms with Crippen molar-refractivity contribution in [2.75, 3.05) is 13.2 Å². The monoisotopic (exact) mass is 171 g/mol. The van der Waals surface area contributed by atoms with E-state index in [4.69, 9.17) is 9.84 Å². The summed E-state index contributed by atoms with van der Waals surface area (Å²) in [5.74, 6) is 0.414. The summed E-state index contributed by atoms with van der Waals surface area (Å²) in [5.41, 5.74) is 0. The van der Waals surface area contributed by atoms with Gasteiger partial charge < -0.3 is 9.84 Å². The SMILES string of the molecule is O=C(O)C1NCC(C2CC2)CO1. The molecule has 1 aliphatic heterocycles. The van der Waals surface area contributed by atoms with Gasteiger partial charge in [0.25, 0.3) is 0 Å². The number of hydrogen-bond acceptors (Lipinski definition) is 3. The van der Waals surface area contributed by atoms with Gasteiger partial charge >= 0.3 is 5.97 Å². The number of hydrogen-bond donors (Lipinski definition) is 2. The Kier molecular flexibility index (Phi) is 2.02. The molecule has 2 N–H and O–H groups in total. The van der Waals surface area contributed by atoms with Gasteiger partial charge in [0.1, 0.15) is 0 Å². The fourth-order valence-corrected chi connectivity index (χ4v) is 1.63. The molecule has 0 bridgehead atoms. The topological polar surface area (TPSA) is 58.6 Å². The van der Waals surface area contributed by atoms with Crippen molar-refractivity contribution in [2.45, 2.75) is 19.1 Å². The predicted molar refractivity (Wildman–Crippen MR) is 41.6 cm³/mol. The molecule has 1 aliphatic carbocycles. The highest BCUT2D eigenvalue weighted by Crippen LogP contribution is 2.37. The third kappa shape index (κ3) is 1.59. The van der Waals surface area contributed by atoms with Gasteiger partial charge in [0.2, 0.25) is 6.23 Å². The molecule has 0 spiro atoms. The van der Waals surface area contributed by atoms with E-state index in [1.54, 1.807) is 0 Å². The summed E-state index contributed by atoms with van der Waals surface area (Å²) >= 11 is 0. The van der Waals surface area contributed by atoms with Crippen LogP contribution in [0.4, 0.5) is 0 Å². The molecule has 0 aromatic carbocycles. The van der Waals surface area contributed by atoms with Crippen molar-refractivity contribution in [1.82, 2.24) is 5.32 Å². The number of carboxylic acids is 1. The van der Waals surface area contributed by atoms with Gasteiger partial charge in [-0.25, -0.2) is 4.79 Å². The summed E-state index contributed by atoms with van der Waals surface area (Å²) < 4.78 is 5.14. The van der Waals surface area contributed by atoms with Crippen LogP contribution in [-0.4, -0.2) is 30.5 Å². The van der Waals surface area contributed by atoms with Crippen LogP contribution in [0.15, 0.2) is 0 Å². The molecule has 68 valence electrons. The molecule has 2 rings (SSSR count). The molecule has 2 unspecified atom stereocenters. The number of aliphatic carboxylic acids is 1. The highest BCUT2D eigenvalue weighted by Gasteiger charge is 2.35. The fourth-order valence-electron chi connectivity index (χ4n) is 1.63. The van der Waals surface area contributed by atoms with E-state index >= 15 is 0 Å². The highest BCUT2D eigenvalue weighted by atomic mass is 16.5. The maximum atomic E-state index is 10.5. The lowest BCUT2D eigenvalue weighted by Crippen LogP contribution is -2.48. The molecule has 4 heteroatoms. The molecule has 2 fully saturated rings. The van der Waals surface area contributed by atoms with Gasteiger partial charge in [-0.1, -0.05) is 0 Å². The van der Waals surface area contributed by atoms with Crippen LogP contribution in [0, 0.1) is 11.8 Å². The average Bonchev–Trinajstić information content (AvgIpc) is 2.87. The molecule has 2 atom stereocenters. The van der Waals surface area contributed by atoms with Crippen molar-refractivity contribution in [3.8, 4) is 0 Å². The fraction of sp³-hybridized carbons (Fsp3) is 0.875. The highest BCUT2D eigenvalue weighted by molar-refractivity contribution is 5.71. The summed E-state index contributed by atoms with van der Waals surface area (Å²) in [6.45, 7) is 1.40. The van der Waals surface area contributed by atoms with Crippen LogP contribution < -0.4 is 5.32 Å². The van der Waals surface area contributed by atoms with Gasteiger partial charge in [-0.2, -0.15) is 0 Å². The summed E-state index contributed by atoms with van der Waals surface area (Å²) in [5, 5.41) is 11.5. The smallest absolute Gasteiger partial charge is 0.348 e. The first-order valence-corrected chi connectivity index (χ1v) is 4.35. The van der Waals surface area contributed by atoms with Crippen LogP contribution >= 0.6 is 0 Å². The zero-order valence-corrected chi connectivity index (χ0v) is 6.82. The molecule has 1 heterocycles. The van der Waals surface area contributed by atoms with Gasteiger partial charge in [0.05, 0.1) is 6.61 Å². The summed E-state index contributed by atoms with van der Waals surface area (Å²) in [6.07, 6.45) is 1.79. The summed E-state index contributed by atoms with van der Waals surface area (Å²) in [7, 11) is 0. The maximum absolute atomic E-state index is 10.5. The van der Waals surface area contributed by atoms with Crippen molar-refractivity contribution in [3.63, 3.8) is 0 Å². The first-order chi connectivity index (χ1) is 5.77. The van der Waals surface area contributed by atoms with E-state index in [1.807, 2.05) is 0 Å². The lowest BCUT2D eigenvalue weighted by Gasteiger charge is -2.27. The molecular weight excluding hydrogens is 158 g/mol. The minimum atomic E-state index is -0.913. The van der Waals surface area contributed by atoms with Crippen molar-refractivity contribution >= 4 is 5.97 Å². The van der Waals surface area contributed by atoms with Crippen LogP contribution in [0.1, 0.15) is 12.8 Å². The third-order valence-corrected chi connectivity index (χ3v) is 2.56. The molecule has 0 aromatic heterocycles. The quantitative estimate of drug-likeness (QED) is 0.616. The number of carboxylic acid groups (broad SMARTS) is 1. The Morgan fingerprint density at radius 2 is 2.17 bits per heavy atom. The van der Waals surface area contributed by atoms with E-state index in [1.165, 1.54) is 12.8 Å². The molecule has 1 saturated heterocycles. The second-order valence-corrected chi connectivity index (χ2v) is 3.56. The molecule has 2 aliphatic rings. The minimum Gasteiger partial charge on any atom is -0.478 e. The Morgan fingerprint density at radius 1 is 1.42 bits per heavy atom. The zero-order chi connectivity index (χ0) is 8.55. The molecular formula is C8H13NO3. The number of ether oxygens (including phenoxy) is 1. The molecule has 0 amide bonds. The number of carbonyl (C=O) groups is 1. The second kappa shape index (κ2) is 3.03. The third-order valence-electron chi connectivity index (χ3n) is 2.56. The Bertz CT molecular complexity index is 183. The minimum absolute atomic E-state index is 0.542. The Labute approximate surface area is 70.9 Å². The van der Waals surface area contributed by atoms with Gasteiger partial charge in [-0.15, -0.1) is 0 Å². The summed E-state index contributed by atoms with van der Waals surface area (Å²) in [4.78, 5) is 10.5. The standard InChI is InChI=1S/C8H13NO3/c10-8(11)7-9-3-6(4-12-7)5-1-2-5/h5-7,9H,1-4H2,(H,10,11). The van der Waals surface area contributed by atoms with E-state index in [-0.39, 0.29) is 0 Å². The number of rotatable bonds is 2. The summed E-state index contributed by atoms with van der Waals surface area (Å²) in [6, 6.07) is 0. The van der Waals surface area contributed by atoms with Crippen molar-refractivity contribution in [3.05, 3.63) is 0 Å². The second-order valence-electron chi connectivity index (χ2n) is 3.56. The zero-order valence-electron chi connectivity index (χ0n) is 6.82. The number of nitrogens with one attached hydrogen (secondary N) is 1. The first-order valence-electron chi connectivity index (χ1n) is 4.35. The molecule has 0 radical (unpaired) electrons. The lowest BCUT2D eigenvalue weighted by atomic mass is 10.0. The van der Waals surface area contributed by atoms with Crippen molar-refractivity contribution in [2.24, 2.45) is 11.8 Å². The molecule has 4 nitrogen and oxygen atoms in total. The van der Waals surface area contributed by atoms with Gasteiger partial charge in [0.15, 0.2) is 0 Å². The molecule has 12 heavy (non-hydrogen) atoms. The van der Waals surface area contributed by atoms with Crippen LogP contribution in [0.3, 0.4) is 0 Å². The van der Waals surface area contributed by atoms with E-state index in [0.717, 1.165) is 12.5 Å². The largest absolute Gasteiger partial charge is 0.478 e. The van der Waals surface area contributed by atoms with E-state index in [2.05, 4.69) is 5.32 Å². The van der Waals surface area contributed by atoms with Crippen molar-refractivity contribution in [1.29, 1.82) is 0 Å². The van der Waals surface area contributed by atoms with Gasteiger partial charge in [-0.05, 0) is 24.7 Å². The van der Waals surface area contributed by atoms with Gasteiger partial charge in [0, 0.05) is 6.54 Å². The average molecular weight is 171 g/mol. The van der Waals surface area contributed by atoms with Crippen molar-refractivity contribution < 1.29 is 14.6 Å². The Morgan fingerprint density at radius 3 is 2.58 bits per heavy atom. The normalized spacial score (nSPS) is 36.3.